The Morgan fingerprint density at radius 2 is 0.867 bits per heavy atom. The predicted molar refractivity (Wildman–Crippen MR) is 117 cm³/mol. The van der Waals surface area contributed by atoms with Crippen LogP contribution < -0.4 is 18.9 Å². The highest BCUT2D eigenvalue weighted by atomic mass is 16.5. The fourth-order valence-electron chi connectivity index (χ4n) is 3.82. The summed E-state index contributed by atoms with van der Waals surface area (Å²) in [6, 6.07) is 27.4. The second-order valence-electron chi connectivity index (χ2n) is 6.86. The summed E-state index contributed by atoms with van der Waals surface area (Å²) in [5.41, 5.74) is 3.46. The quantitative estimate of drug-likeness (QED) is 0.324. The normalized spacial score (nSPS) is 11.5. The molecule has 1 heterocycles. The molecular weight excluding hydrogens is 376 g/mol. The molecule has 0 bridgehead atoms. The van der Waals surface area contributed by atoms with E-state index in [9.17, 15) is 0 Å². The molecule has 4 nitrogen and oxygen atoms in total. The molecule has 4 heteroatoms. The molecule has 0 radical (unpaired) electrons. The lowest BCUT2D eigenvalue weighted by atomic mass is 9.99. The molecule has 30 heavy (non-hydrogen) atoms. The fourth-order valence-corrected chi connectivity index (χ4v) is 3.82. The summed E-state index contributed by atoms with van der Waals surface area (Å²) >= 11 is 0. The third-order valence-electron chi connectivity index (χ3n) is 5.17. The van der Waals surface area contributed by atoms with Gasteiger partial charge in [0.2, 0.25) is 0 Å². The van der Waals surface area contributed by atoms with Crippen LogP contribution in [0.1, 0.15) is 0 Å². The minimum absolute atomic E-state index is 0.663. The molecular formula is C26H20O4. The topological polar surface area (TPSA) is 36.9 Å². The van der Waals surface area contributed by atoms with Gasteiger partial charge in [-0.3, -0.25) is 0 Å². The maximum Gasteiger partial charge on any atom is 0.139 e. The molecule has 0 N–H and O–H groups in total. The molecule has 0 spiro atoms. The highest BCUT2D eigenvalue weighted by Crippen LogP contribution is 2.52. The molecule has 0 atom stereocenters. The summed E-state index contributed by atoms with van der Waals surface area (Å²) in [5.74, 6) is 4.15. The van der Waals surface area contributed by atoms with E-state index in [1.807, 2.05) is 84.9 Å². The van der Waals surface area contributed by atoms with Crippen LogP contribution in [0, 0.1) is 0 Å². The van der Waals surface area contributed by atoms with Crippen LogP contribution in [0.2, 0.25) is 0 Å². The fraction of sp³-hybridized carbons (Fsp3) is 0.0769. The molecule has 0 aromatic heterocycles. The zero-order valence-electron chi connectivity index (χ0n) is 16.7. The molecule has 0 aliphatic carbocycles. The molecule has 4 aromatic carbocycles. The van der Waals surface area contributed by atoms with E-state index in [-0.39, 0.29) is 0 Å². The standard InChI is InChI=1S/C26H20O4/c1-27-21-13-7-15-23-25(21)26-22(28-2)14-8-16-24(26)30-20-12-6-4-10-18(20)17-9-3-5-11-19(17)29-23/h3-16H,1-2H3. The van der Waals surface area contributed by atoms with Gasteiger partial charge in [0.1, 0.15) is 34.5 Å². The smallest absolute Gasteiger partial charge is 0.139 e. The highest BCUT2D eigenvalue weighted by Gasteiger charge is 2.25. The second-order valence-corrected chi connectivity index (χ2v) is 6.86. The SMILES string of the molecule is COc1cccc2c1-c1c(OC)cccc1Oc1ccccc1-c1ccccc1O2. The van der Waals surface area contributed by atoms with Crippen molar-refractivity contribution in [2.75, 3.05) is 14.2 Å². The molecule has 4 aromatic rings. The maximum absolute atomic E-state index is 6.48. The number of benzene rings is 4. The Bertz CT molecular complexity index is 1130. The lowest BCUT2D eigenvalue weighted by Crippen LogP contribution is -2.00. The number of hydrogen-bond donors (Lipinski definition) is 0. The Hall–Kier alpha value is -3.92. The lowest BCUT2D eigenvalue weighted by molar-refractivity contribution is 0.402. The Morgan fingerprint density at radius 3 is 1.30 bits per heavy atom. The molecule has 0 saturated carbocycles. The number of methoxy groups -OCH3 is 2. The van der Waals surface area contributed by atoms with Crippen LogP contribution in [-0.2, 0) is 0 Å². The van der Waals surface area contributed by atoms with Gasteiger partial charge >= 0.3 is 0 Å². The van der Waals surface area contributed by atoms with Crippen LogP contribution >= 0.6 is 0 Å². The van der Waals surface area contributed by atoms with E-state index < -0.39 is 0 Å². The molecule has 0 saturated heterocycles. The zero-order valence-corrected chi connectivity index (χ0v) is 16.7. The van der Waals surface area contributed by atoms with E-state index in [0.717, 1.165) is 33.8 Å². The highest BCUT2D eigenvalue weighted by molar-refractivity contribution is 5.87. The second kappa shape index (κ2) is 7.48. The van der Waals surface area contributed by atoms with Crippen molar-refractivity contribution in [3.63, 3.8) is 0 Å². The van der Waals surface area contributed by atoms with Crippen LogP contribution in [0.25, 0.3) is 22.3 Å². The first-order chi connectivity index (χ1) is 14.8. The first kappa shape index (κ1) is 18.1. The Morgan fingerprint density at radius 1 is 0.467 bits per heavy atom. The zero-order chi connectivity index (χ0) is 20.5. The van der Waals surface area contributed by atoms with E-state index in [4.69, 9.17) is 18.9 Å². The number of rotatable bonds is 2. The van der Waals surface area contributed by atoms with Gasteiger partial charge in [0.05, 0.1) is 25.3 Å². The summed E-state index contributed by atoms with van der Waals surface area (Å²) < 4.78 is 24.4. The molecule has 0 amide bonds. The minimum atomic E-state index is 0.663. The Balaban J connectivity index is 1.88. The predicted octanol–water partition coefficient (Wildman–Crippen LogP) is 6.94. The largest absolute Gasteiger partial charge is 0.496 e. The van der Waals surface area contributed by atoms with Crippen molar-refractivity contribution in [2.24, 2.45) is 0 Å². The average molecular weight is 396 g/mol. The molecule has 0 unspecified atom stereocenters. The Kier molecular flexibility index (Phi) is 4.52. The van der Waals surface area contributed by atoms with Gasteiger partial charge in [0, 0.05) is 11.1 Å². The third-order valence-corrected chi connectivity index (χ3v) is 5.17. The molecule has 148 valence electrons. The van der Waals surface area contributed by atoms with Crippen LogP contribution in [0.5, 0.6) is 34.5 Å². The first-order valence-corrected chi connectivity index (χ1v) is 9.68. The number of ether oxygens (including phenoxy) is 4. The monoisotopic (exact) mass is 396 g/mol. The van der Waals surface area contributed by atoms with Gasteiger partial charge in [-0.15, -0.1) is 0 Å². The lowest BCUT2D eigenvalue weighted by Gasteiger charge is -2.23. The van der Waals surface area contributed by atoms with Gasteiger partial charge < -0.3 is 18.9 Å². The van der Waals surface area contributed by atoms with Gasteiger partial charge in [0.15, 0.2) is 0 Å². The van der Waals surface area contributed by atoms with Crippen molar-refractivity contribution in [2.45, 2.75) is 0 Å². The summed E-state index contributed by atoms with van der Waals surface area (Å²) in [7, 11) is 3.29. The van der Waals surface area contributed by atoms with Crippen LogP contribution in [0.15, 0.2) is 84.9 Å². The van der Waals surface area contributed by atoms with Crippen LogP contribution in [0.4, 0.5) is 0 Å². The number of hydrogen-bond acceptors (Lipinski definition) is 4. The molecule has 5 rings (SSSR count). The average Bonchev–Trinajstić information content (AvgIpc) is 2.79. The molecule has 1 aliphatic rings. The van der Waals surface area contributed by atoms with E-state index in [0.29, 0.717) is 23.0 Å². The van der Waals surface area contributed by atoms with Gasteiger partial charge in [-0.2, -0.15) is 0 Å². The number of para-hydroxylation sites is 2. The first-order valence-electron chi connectivity index (χ1n) is 9.68. The van der Waals surface area contributed by atoms with Crippen LogP contribution in [-0.4, -0.2) is 14.2 Å². The third kappa shape index (κ3) is 2.94. The van der Waals surface area contributed by atoms with Crippen LogP contribution in [0.3, 0.4) is 0 Å². The van der Waals surface area contributed by atoms with E-state index in [1.54, 1.807) is 14.2 Å². The molecule has 0 fully saturated rings. The number of fused-ring (bicyclic) bond motifs is 6. The van der Waals surface area contributed by atoms with Crippen molar-refractivity contribution in [1.29, 1.82) is 0 Å². The summed E-state index contributed by atoms with van der Waals surface area (Å²) in [5, 5.41) is 0. The van der Waals surface area contributed by atoms with Crippen molar-refractivity contribution < 1.29 is 18.9 Å². The summed E-state index contributed by atoms with van der Waals surface area (Å²) in [6.07, 6.45) is 0. The van der Waals surface area contributed by atoms with Gasteiger partial charge in [-0.1, -0.05) is 48.5 Å². The maximum atomic E-state index is 6.48. The van der Waals surface area contributed by atoms with E-state index >= 15 is 0 Å². The summed E-state index contributed by atoms with van der Waals surface area (Å²) in [4.78, 5) is 0. The Labute approximate surface area is 175 Å². The minimum Gasteiger partial charge on any atom is -0.496 e. The van der Waals surface area contributed by atoms with Crippen molar-refractivity contribution >= 4 is 0 Å². The molecule has 1 aliphatic heterocycles. The summed E-state index contributed by atoms with van der Waals surface area (Å²) in [6.45, 7) is 0. The van der Waals surface area contributed by atoms with E-state index in [1.165, 1.54) is 0 Å². The van der Waals surface area contributed by atoms with Crippen molar-refractivity contribution in [3.05, 3.63) is 84.9 Å². The van der Waals surface area contributed by atoms with E-state index in [2.05, 4.69) is 0 Å². The van der Waals surface area contributed by atoms with Crippen molar-refractivity contribution in [1.82, 2.24) is 0 Å². The van der Waals surface area contributed by atoms with Gasteiger partial charge in [0.25, 0.3) is 0 Å². The van der Waals surface area contributed by atoms with Gasteiger partial charge in [-0.05, 0) is 36.4 Å². The van der Waals surface area contributed by atoms with Crippen molar-refractivity contribution in [3.8, 4) is 56.8 Å². The van der Waals surface area contributed by atoms with Gasteiger partial charge in [-0.25, -0.2) is 0 Å².